The molecule has 9 heteroatoms. The number of aryl methyl sites for hydroxylation is 3. The fourth-order valence-corrected chi connectivity index (χ4v) is 4.95. The molecule has 2 N–H and O–H groups in total. The van der Waals surface area contributed by atoms with Crippen molar-refractivity contribution in [2.75, 3.05) is 44.7 Å². The Balaban J connectivity index is 1.56. The SMILES string of the molecule is CCNCCNC(=O)CN(CC(=O)N(C)N1Cc2ccccc2C1)c1cc2c(cc1C)c(CC)nn2C. The number of carbonyl (C=O) groups is 2. The highest BCUT2D eigenvalue weighted by molar-refractivity contribution is 5.91. The summed E-state index contributed by atoms with van der Waals surface area (Å²) >= 11 is 0. The van der Waals surface area contributed by atoms with Crippen molar-refractivity contribution >= 4 is 28.4 Å². The van der Waals surface area contributed by atoms with Crippen LogP contribution in [-0.4, -0.2) is 71.4 Å². The average Bonchev–Trinajstić information content (AvgIpc) is 3.45. The third kappa shape index (κ3) is 5.94. The van der Waals surface area contributed by atoms with Gasteiger partial charge in [-0.1, -0.05) is 38.1 Å². The quantitative estimate of drug-likeness (QED) is 0.389. The Hall–Kier alpha value is -3.43. The zero-order valence-electron chi connectivity index (χ0n) is 22.7. The Kier molecular flexibility index (Phi) is 8.45. The van der Waals surface area contributed by atoms with Crippen molar-refractivity contribution in [3.8, 4) is 0 Å². The van der Waals surface area contributed by atoms with Gasteiger partial charge in [-0.05, 0) is 48.7 Å². The van der Waals surface area contributed by atoms with E-state index in [9.17, 15) is 9.59 Å². The number of benzene rings is 2. The van der Waals surface area contributed by atoms with E-state index in [-0.39, 0.29) is 24.9 Å². The fourth-order valence-electron chi connectivity index (χ4n) is 4.95. The molecule has 0 atom stereocenters. The number of anilines is 1. The monoisotopic (exact) mass is 505 g/mol. The van der Waals surface area contributed by atoms with Crippen molar-refractivity contribution in [3.05, 3.63) is 58.8 Å². The normalized spacial score (nSPS) is 13.1. The lowest BCUT2D eigenvalue weighted by molar-refractivity contribution is -0.145. The number of hydrogen-bond donors (Lipinski definition) is 2. The van der Waals surface area contributed by atoms with E-state index < -0.39 is 0 Å². The van der Waals surface area contributed by atoms with Crippen LogP contribution in [0, 0.1) is 6.92 Å². The lowest BCUT2D eigenvalue weighted by Gasteiger charge is -2.32. The molecule has 3 aromatic rings. The number of rotatable bonds is 11. The Morgan fingerprint density at radius 1 is 1.05 bits per heavy atom. The Labute approximate surface area is 219 Å². The molecule has 198 valence electrons. The molecule has 4 rings (SSSR count). The number of hydrogen-bond acceptors (Lipinski definition) is 6. The van der Waals surface area contributed by atoms with Gasteiger partial charge in [0.25, 0.3) is 5.91 Å². The smallest absolute Gasteiger partial charge is 0.256 e. The minimum Gasteiger partial charge on any atom is -0.353 e. The Bertz CT molecular complexity index is 1240. The van der Waals surface area contributed by atoms with E-state index in [1.54, 1.807) is 5.01 Å². The van der Waals surface area contributed by atoms with Crippen LogP contribution in [0.25, 0.3) is 10.9 Å². The Morgan fingerprint density at radius 3 is 2.41 bits per heavy atom. The first-order valence-electron chi connectivity index (χ1n) is 13.1. The first kappa shape index (κ1) is 26.6. The predicted octanol–water partition coefficient (Wildman–Crippen LogP) is 2.37. The second-order valence-electron chi connectivity index (χ2n) is 9.65. The van der Waals surface area contributed by atoms with Gasteiger partial charge in [-0.3, -0.25) is 19.3 Å². The predicted molar refractivity (Wildman–Crippen MR) is 147 cm³/mol. The number of carbonyl (C=O) groups excluding carboxylic acids is 2. The summed E-state index contributed by atoms with van der Waals surface area (Å²) in [6.45, 7) is 9.85. The highest BCUT2D eigenvalue weighted by Gasteiger charge is 2.27. The number of hydrazine groups is 1. The van der Waals surface area contributed by atoms with Gasteiger partial charge in [-0.25, -0.2) is 5.01 Å². The van der Waals surface area contributed by atoms with Crippen LogP contribution >= 0.6 is 0 Å². The van der Waals surface area contributed by atoms with Crippen molar-refractivity contribution in [1.29, 1.82) is 0 Å². The van der Waals surface area contributed by atoms with Gasteiger partial charge in [0.15, 0.2) is 0 Å². The van der Waals surface area contributed by atoms with Gasteiger partial charge in [-0.15, -0.1) is 0 Å². The molecule has 2 amide bonds. The van der Waals surface area contributed by atoms with Crippen LogP contribution in [0.3, 0.4) is 0 Å². The van der Waals surface area contributed by atoms with Crippen LogP contribution in [0.4, 0.5) is 5.69 Å². The molecule has 0 unspecified atom stereocenters. The van der Waals surface area contributed by atoms with Crippen LogP contribution < -0.4 is 15.5 Å². The molecule has 1 aliphatic heterocycles. The van der Waals surface area contributed by atoms with Crippen LogP contribution in [-0.2, 0) is 36.1 Å². The number of likely N-dealkylation sites (N-methyl/N-ethyl adjacent to an activating group) is 2. The summed E-state index contributed by atoms with van der Waals surface area (Å²) in [5, 5.41) is 15.7. The van der Waals surface area contributed by atoms with Crippen LogP contribution in [0.5, 0.6) is 0 Å². The standard InChI is InChI=1S/C28H39N7O2/c1-6-24-23-14-20(3)25(15-26(23)32(4)31-24)34(18-27(36)30-13-12-29-7-2)19-28(37)33(5)35-16-21-10-8-9-11-22(21)17-35/h8-11,14-15,29H,6-7,12-13,16-19H2,1-5H3,(H,30,36). The van der Waals surface area contributed by atoms with E-state index >= 15 is 0 Å². The van der Waals surface area contributed by atoms with Gasteiger partial charge in [0, 0.05) is 51.3 Å². The molecule has 2 aromatic carbocycles. The van der Waals surface area contributed by atoms with E-state index in [0.717, 1.165) is 40.8 Å². The van der Waals surface area contributed by atoms with Gasteiger partial charge in [0.05, 0.1) is 24.3 Å². The van der Waals surface area contributed by atoms with Crippen molar-refractivity contribution in [2.24, 2.45) is 7.05 Å². The summed E-state index contributed by atoms with van der Waals surface area (Å²) in [6.07, 6.45) is 0.843. The molecule has 0 aliphatic carbocycles. The van der Waals surface area contributed by atoms with E-state index in [1.165, 1.54) is 11.1 Å². The molecule has 1 aromatic heterocycles. The zero-order valence-corrected chi connectivity index (χ0v) is 22.7. The van der Waals surface area contributed by atoms with Gasteiger partial charge < -0.3 is 15.5 Å². The molecule has 0 saturated heterocycles. The first-order valence-corrected chi connectivity index (χ1v) is 13.1. The van der Waals surface area contributed by atoms with Gasteiger partial charge in [-0.2, -0.15) is 5.10 Å². The van der Waals surface area contributed by atoms with Crippen molar-refractivity contribution < 1.29 is 9.59 Å². The van der Waals surface area contributed by atoms with Gasteiger partial charge in [0.1, 0.15) is 0 Å². The number of amides is 2. The maximum atomic E-state index is 13.5. The summed E-state index contributed by atoms with van der Waals surface area (Å²) in [6, 6.07) is 12.5. The molecule has 0 fully saturated rings. The summed E-state index contributed by atoms with van der Waals surface area (Å²) in [5.41, 5.74) is 6.40. The summed E-state index contributed by atoms with van der Waals surface area (Å²) in [5.74, 6) is -0.173. The number of fused-ring (bicyclic) bond motifs is 2. The van der Waals surface area contributed by atoms with Crippen LogP contribution in [0.1, 0.15) is 36.2 Å². The molecule has 0 saturated carbocycles. The third-order valence-electron chi connectivity index (χ3n) is 7.06. The molecular formula is C28H39N7O2. The molecule has 0 radical (unpaired) electrons. The third-order valence-corrected chi connectivity index (χ3v) is 7.06. The Morgan fingerprint density at radius 2 is 1.76 bits per heavy atom. The second-order valence-corrected chi connectivity index (χ2v) is 9.65. The fraction of sp³-hybridized carbons (Fsp3) is 0.464. The number of nitrogens with zero attached hydrogens (tertiary/aromatic N) is 5. The van der Waals surface area contributed by atoms with E-state index in [2.05, 4.69) is 46.9 Å². The summed E-state index contributed by atoms with van der Waals surface area (Å²) in [7, 11) is 3.75. The highest BCUT2D eigenvalue weighted by Crippen LogP contribution is 2.29. The zero-order chi connectivity index (χ0) is 26.5. The maximum absolute atomic E-state index is 13.5. The highest BCUT2D eigenvalue weighted by atomic mass is 16.2. The average molecular weight is 506 g/mol. The summed E-state index contributed by atoms with van der Waals surface area (Å²) < 4.78 is 1.88. The van der Waals surface area contributed by atoms with Crippen molar-refractivity contribution in [1.82, 2.24) is 30.4 Å². The minimum absolute atomic E-state index is 0.0630. The topological polar surface area (TPSA) is 85.7 Å². The number of aromatic nitrogens is 2. The minimum atomic E-state index is -0.110. The molecule has 2 heterocycles. The molecular weight excluding hydrogens is 466 g/mol. The summed E-state index contributed by atoms with van der Waals surface area (Å²) in [4.78, 5) is 28.3. The van der Waals surface area contributed by atoms with Crippen molar-refractivity contribution in [2.45, 2.75) is 40.3 Å². The van der Waals surface area contributed by atoms with Crippen LogP contribution in [0.2, 0.25) is 0 Å². The molecule has 0 bridgehead atoms. The van der Waals surface area contributed by atoms with E-state index in [0.29, 0.717) is 26.2 Å². The number of nitrogens with one attached hydrogen (secondary N) is 2. The lowest BCUT2D eigenvalue weighted by Crippen LogP contribution is -2.48. The van der Waals surface area contributed by atoms with E-state index in [4.69, 9.17) is 0 Å². The lowest BCUT2D eigenvalue weighted by atomic mass is 10.1. The molecule has 0 spiro atoms. The van der Waals surface area contributed by atoms with Crippen molar-refractivity contribution in [3.63, 3.8) is 0 Å². The molecule has 37 heavy (non-hydrogen) atoms. The van der Waals surface area contributed by atoms with Gasteiger partial charge in [0.2, 0.25) is 5.91 Å². The molecule has 1 aliphatic rings. The maximum Gasteiger partial charge on any atom is 0.256 e. The van der Waals surface area contributed by atoms with E-state index in [1.807, 2.05) is 54.7 Å². The first-order chi connectivity index (χ1) is 17.8. The second kappa shape index (κ2) is 11.7. The molecule has 9 nitrogen and oxygen atoms in total. The van der Waals surface area contributed by atoms with Crippen LogP contribution in [0.15, 0.2) is 36.4 Å². The largest absolute Gasteiger partial charge is 0.353 e. The van der Waals surface area contributed by atoms with Gasteiger partial charge >= 0.3 is 0 Å².